The van der Waals surface area contributed by atoms with Gasteiger partial charge in [-0.2, -0.15) is 10.2 Å². The number of Topliss-reactive ketones (excluding diaryl/α,β-unsaturated/α-hetero) is 1. The number of anilines is 2. The third-order valence-electron chi connectivity index (χ3n) is 7.30. The van der Waals surface area contributed by atoms with E-state index in [1.54, 1.807) is 6.07 Å². The van der Waals surface area contributed by atoms with Gasteiger partial charge in [-0.05, 0) is 49.5 Å². The Kier molecular flexibility index (Phi) is 5.58. The molecule has 4 fully saturated rings. The number of aromatic nitrogens is 2. The highest BCUT2D eigenvalue weighted by Gasteiger charge is 2.54. The van der Waals surface area contributed by atoms with Crippen LogP contribution in [0.25, 0.3) is 0 Å². The Balaban J connectivity index is 1.28. The monoisotopic (exact) mass is 471 g/mol. The summed E-state index contributed by atoms with van der Waals surface area (Å²) in [6.07, 6.45) is 1.43. The second kappa shape index (κ2) is 8.46. The molecule has 1 heterocycles. The normalized spacial score (nSPS) is 27.4. The van der Waals surface area contributed by atoms with Crippen molar-refractivity contribution in [2.45, 2.75) is 45.0 Å². The van der Waals surface area contributed by atoms with Crippen molar-refractivity contribution >= 4 is 17.5 Å². The maximum Gasteiger partial charge on any atom is 0.573 e. The van der Waals surface area contributed by atoms with Crippen molar-refractivity contribution in [1.29, 1.82) is 5.26 Å². The number of nitrogens with zero attached hydrogens (tertiary/aromatic N) is 3. The summed E-state index contributed by atoms with van der Waals surface area (Å²) in [6.45, 7) is 0.631. The van der Waals surface area contributed by atoms with Crippen molar-refractivity contribution in [1.82, 2.24) is 9.97 Å². The van der Waals surface area contributed by atoms with Crippen molar-refractivity contribution in [2.75, 3.05) is 17.2 Å². The van der Waals surface area contributed by atoms with Crippen LogP contribution in [0.15, 0.2) is 30.5 Å². The van der Waals surface area contributed by atoms with Crippen LogP contribution in [-0.2, 0) is 11.3 Å². The maximum absolute atomic E-state index is 12.7. The zero-order chi connectivity index (χ0) is 23.9. The third-order valence-corrected chi connectivity index (χ3v) is 7.30. The number of carbonyl (C=O) groups is 1. The van der Waals surface area contributed by atoms with Gasteiger partial charge in [0.2, 0.25) is 5.95 Å². The molecule has 4 saturated carbocycles. The second-order valence-corrected chi connectivity index (χ2v) is 9.68. The molecule has 0 amide bonds. The molecular weight excluding hydrogens is 447 g/mol. The number of alkyl halides is 3. The Morgan fingerprint density at radius 3 is 2.59 bits per heavy atom. The number of nitriles is 1. The first kappa shape index (κ1) is 22.4. The number of rotatable bonds is 7. The van der Waals surface area contributed by atoms with Crippen LogP contribution in [0.3, 0.4) is 0 Å². The fourth-order valence-electron chi connectivity index (χ4n) is 6.13. The highest BCUT2D eigenvalue weighted by atomic mass is 19.4. The molecule has 4 aliphatic rings. The van der Waals surface area contributed by atoms with Gasteiger partial charge >= 0.3 is 6.36 Å². The van der Waals surface area contributed by atoms with Crippen molar-refractivity contribution in [3.8, 4) is 11.8 Å². The minimum Gasteiger partial charge on any atom is -0.405 e. The maximum atomic E-state index is 12.7. The largest absolute Gasteiger partial charge is 0.573 e. The van der Waals surface area contributed by atoms with Crippen LogP contribution in [0.1, 0.15) is 43.2 Å². The molecule has 10 heteroatoms. The molecular formula is C24H24F3N5O2. The molecule has 2 N–H and O–H groups in total. The van der Waals surface area contributed by atoms with E-state index in [-0.39, 0.29) is 41.1 Å². The Labute approximate surface area is 194 Å². The van der Waals surface area contributed by atoms with E-state index in [1.807, 2.05) is 0 Å². The standard InChI is InChI=1S/C24H24F3N5O2/c25-24(26,27)34-19-4-2-1-3-15(19)11-29-22-30-12-18(10-28)21(32-22)31-13-23-7-14-5-16(8-23)20(33)17(6-14)9-23/h1-4,12,14,16-17H,5-9,11,13H2,(H2,29,30,31,32)/t14?,16-,17+,23?. The SMILES string of the molecule is N#Cc1cnc(NCc2ccccc2OC(F)(F)F)nc1NCC12CC3C[C@H](C1)C(=O)[C@@H](C3)C2. The Bertz CT molecular complexity index is 1130. The number of halogens is 3. The average Bonchev–Trinajstić information content (AvgIpc) is 2.79. The number of ketones is 1. The minimum absolute atomic E-state index is 0.00861. The van der Waals surface area contributed by atoms with Crippen molar-refractivity contribution in [2.24, 2.45) is 23.2 Å². The summed E-state index contributed by atoms with van der Waals surface area (Å²) in [5.41, 5.74) is 0.608. The van der Waals surface area contributed by atoms with Crippen LogP contribution in [0.4, 0.5) is 24.9 Å². The lowest BCUT2D eigenvalue weighted by molar-refractivity contribution is -0.274. The van der Waals surface area contributed by atoms with Gasteiger partial charge in [-0.15, -0.1) is 13.2 Å². The number of carbonyl (C=O) groups excluding carboxylic acids is 1. The highest BCUT2D eigenvalue weighted by Crippen LogP contribution is 2.58. The van der Waals surface area contributed by atoms with Crippen LogP contribution in [0, 0.1) is 34.5 Å². The van der Waals surface area contributed by atoms with Gasteiger partial charge in [-0.1, -0.05) is 18.2 Å². The number of para-hydroxylation sites is 1. The van der Waals surface area contributed by atoms with Gasteiger partial charge in [-0.3, -0.25) is 4.79 Å². The van der Waals surface area contributed by atoms with E-state index in [9.17, 15) is 23.2 Å². The molecule has 2 aromatic rings. The first-order chi connectivity index (χ1) is 16.2. The molecule has 4 bridgehead atoms. The van der Waals surface area contributed by atoms with E-state index < -0.39 is 6.36 Å². The van der Waals surface area contributed by atoms with Crippen molar-refractivity contribution in [3.05, 3.63) is 41.6 Å². The predicted octanol–water partition coefficient (Wildman–Crippen LogP) is 4.67. The molecule has 4 aliphatic carbocycles. The molecule has 0 saturated heterocycles. The zero-order valence-electron chi connectivity index (χ0n) is 18.4. The molecule has 34 heavy (non-hydrogen) atoms. The lowest BCUT2D eigenvalue weighted by Gasteiger charge is -2.55. The van der Waals surface area contributed by atoms with Crippen LogP contribution in [-0.4, -0.2) is 28.7 Å². The Morgan fingerprint density at radius 1 is 1.15 bits per heavy atom. The molecule has 2 unspecified atom stereocenters. The molecule has 0 aliphatic heterocycles. The van der Waals surface area contributed by atoms with Crippen molar-refractivity contribution < 1.29 is 22.7 Å². The van der Waals surface area contributed by atoms with Crippen LogP contribution >= 0.6 is 0 Å². The van der Waals surface area contributed by atoms with Crippen LogP contribution in [0.2, 0.25) is 0 Å². The summed E-state index contributed by atoms with van der Waals surface area (Å²) in [7, 11) is 0. The summed E-state index contributed by atoms with van der Waals surface area (Å²) >= 11 is 0. The van der Waals surface area contributed by atoms with Crippen LogP contribution in [0.5, 0.6) is 5.75 Å². The first-order valence-electron chi connectivity index (χ1n) is 11.4. The molecule has 6 rings (SSSR count). The molecule has 178 valence electrons. The number of ether oxygens (including phenoxy) is 1. The smallest absolute Gasteiger partial charge is 0.405 e. The lowest BCUT2D eigenvalue weighted by Crippen LogP contribution is -2.53. The molecule has 0 radical (unpaired) electrons. The van der Waals surface area contributed by atoms with E-state index in [2.05, 4.69) is 31.4 Å². The summed E-state index contributed by atoms with van der Waals surface area (Å²) in [5, 5.41) is 15.7. The fourth-order valence-corrected chi connectivity index (χ4v) is 6.13. The van der Waals surface area contributed by atoms with Gasteiger partial charge in [0, 0.05) is 30.5 Å². The van der Waals surface area contributed by atoms with Gasteiger partial charge in [0.25, 0.3) is 0 Å². The Morgan fingerprint density at radius 2 is 1.88 bits per heavy atom. The van der Waals surface area contributed by atoms with E-state index in [0.717, 1.165) is 32.1 Å². The molecule has 7 nitrogen and oxygen atoms in total. The zero-order valence-corrected chi connectivity index (χ0v) is 18.4. The van der Waals surface area contributed by atoms with E-state index in [0.29, 0.717) is 29.6 Å². The molecule has 4 atom stereocenters. The number of benzene rings is 1. The number of hydrogen-bond donors (Lipinski definition) is 2. The number of nitrogens with one attached hydrogen (secondary N) is 2. The average molecular weight is 471 g/mol. The topological polar surface area (TPSA) is 99.9 Å². The minimum atomic E-state index is -4.79. The summed E-state index contributed by atoms with van der Waals surface area (Å²) in [4.78, 5) is 21.0. The van der Waals surface area contributed by atoms with E-state index in [4.69, 9.17) is 0 Å². The van der Waals surface area contributed by atoms with E-state index >= 15 is 0 Å². The summed E-state index contributed by atoms with van der Waals surface area (Å²) in [6, 6.07) is 7.92. The Hall–Kier alpha value is -3.35. The summed E-state index contributed by atoms with van der Waals surface area (Å²) in [5.74, 6) is 1.59. The number of hydrogen-bond acceptors (Lipinski definition) is 7. The van der Waals surface area contributed by atoms with Crippen LogP contribution < -0.4 is 15.4 Å². The molecule has 1 aromatic heterocycles. The van der Waals surface area contributed by atoms with Gasteiger partial charge in [0.15, 0.2) is 0 Å². The second-order valence-electron chi connectivity index (χ2n) is 9.68. The molecule has 1 aromatic carbocycles. The quantitative estimate of drug-likeness (QED) is 0.606. The highest BCUT2D eigenvalue weighted by molar-refractivity contribution is 5.85. The van der Waals surface area contributed by atoms with Gasteiger partial charge in [0.05, 0.1) is 6.20 Å². The van der Waals surface area contributed by atoms with Crippen molar-refractivity contribution in [3.63, 3.8) is 0 Å². The fraction of sp³-hybridized carbons (Fsp3) is 0.500. The van der Waals surface area contributed by atoms with Gasteiger partial charge in [0.1, 0.15) is 29.0 Å². The van der Waals surface area contributed by atoms with E-state index in [1.165, 1.54) is 24.4 Å². The van der Waals surface area contributed by atoms with Gasteiger partial charge in [-0.25, -0.2) is 4.98 Å². The molecule has 0 spiro atoms. The van der Waals surface area contributed by atoms with Gasteiger partial charge < -0.3 is 15.4 Å². The third kappa shape index (κ3) is 4.52. The first-order valence-corrected chi connectivity index (χ1v) is 11.4. The predicted molar refractivity (Wildman–Crippen MR) is 117 cm³/mol. The summed E-state index contributed by atoms with van der Waals surface area (Å²) < 4.78 is 42.1. The lowest BCUT2D eigenvalue weighted by atomic mass is 9.49.